The molecule has 0 fully saturated rings. The van der Waals surface area contributed by atoms with Crippen LogP contribution in [0.5, 0.6) is 0 Å². The molecule has 0 unspecified atom stereocenters. The average molecular weight is 341 g/mol. The van der Waals surface area contributed by atoms with E-state index in [0.29, 0.717) is 10.6 Å². The largest absolute Gasteiger partial charge is 0.481 e. The van der Waals surface area contributed by atoms with Crippen LogP contribution in [0.3, 0.4) is 0 Å². The van der Waals surface area contributed by atoms with Gasteiger partial charge in [0.15, 0.2) is 5.78 Å². The molecule has 2 rings (SSSR count). The van der Waals surface area contributed by atoms with Crippen LogP contribution in [0.2, 0.25) is 10.0 Å². The van der Waals surface area contributed by atoms with Gasteiger partial charge in [0.25, 0.3) is 0 Å². The molecular formula is C16H11Cl2FO3. The minimum Gasteiger partial charge on any atom is -0.481 e. The maximum Gasteiger partial charge on any atom is 0.311 e. The molecule has 0 aliphatic rings. The molecule has 0 radical (unpaired) electrons. The Bertz CT molecular complexity index is 694. The van der Waals surface area contributed by atoms with Crippen molar-refractivity contribution in [3.05, 3.63) is 69.5 Å². The van der Waals surface area contributed by atoms with Crippen LogP contribution < -0.4 is 0 Å². The Morgan fingerprint density at radius 1 is 1.09 bits per heavy atom. The maximum atomic E-state index is 13.9. The van der Waals surface area contributed by atoms with Crippen LogP contribution >= 0.6 is 23.2 Å². The van der Waals surface area contributed by atoms with Crippen molar-refractivity contribution < 1.29 is 19.1 Å². The molecule has 0 amide bonds. The summed E-state index contributed by atoms with van der Waals surface area (Å²) in [5, 5.41) is 9.76. The molecule has 0 bridgehead atoms. The molecular weight excluding hydrogens is 330 g/mol. The zero-order valence-electron chi connectivity index (χ0n) is 11.2. The lowest BCUT2D eigenvalue weighted by atomic mass is 9.91. The zero-order valence-corrected chi connectivity index (χ0v) is 12.7. The monoisotopic (exact) mass is 340 g/mol. The summed E-state index contributed by atoms with van der Waals surface area (Å²) < 4.78 is 13.9. The van der Waals surface area contributed by atoms with E-state index in [1.807, 2.05) is 0 Å². The lowest BCUT2D eigenvalue weighted by molar-refractivity contribution is -0.138. The van der Waals surface area contributed by atoms with Crippen LogP contribution in [0.15, 0.2) is 42.5 Å². The molecule has 6 heteroatoms. The van der Waals surface area contributed by atoms with Gasteiger partial charge in [0.2, 0.25) is 0 Å². The maximum absolute atomic E-state index is 13.9. The number of ketones is 1. The fraction of sp³-hybridized carbons (Fsp3) is 0.125. The third-order valence-corrected chi connectivity index (χ3v) is 3.78. The summed E-state index contributed by atoms with van der Waals surface area (Å²) in [6.45, 7) is 0. The Morgan fingerprint density at radius 3 is 2.27 bits per heavy atom. The van der Waals surface area contributed by atoms with Crippen molar-refractivity contribution in [2.24, 2.45) is 0 Å². The second-order valence-corrected chi connectivity index (χ2v) is 5.50. The predicted molar refractivity (Wildman–Crippen MR) is 82.2 cm³/mol. The number of carbonyl (C=O) groups excluding carboxylic acids is 1. The highest BCUT2D eigenvalue weighted by Crippen LogP contribution is 2.31. The summed E-state index contributed by atoms with van der Waals surface area (Å²) in [7, 11) is 0. The van der Waals surface area contributed by atoms with Crippen molar-refractivity contribution in [2.45, 2.75) is 12.3 Å². The quantitative estimate of drug-likeness (QED) is 0.811. The van der Waals surface area contributed by atoms with Gasteiger partial charge in [-0.25, -0.2) is 4.39 Å². The van der Waals surface area contributed by atoms with Gasteiger partial charge in [-0.1, -0.05) is 29.3 Å². The Hall–Kier alpha value is -1.91. The summed E-state index contributed by atoms with van der Waals surface area (Å²) in [6.07, 6.45) is -0.391. The van der Waals surface area contributed by atoms with Crippen LogP contribution in [0.25, 0.3) is 0 Å². The van der Waals surface area contributed by atoms with Gasteiger partial charge in [-0.15, -0.1) is 0 Å². The molecule has 0 aliphatic heterocycles. The molecule has 0 aromatic heterocycles. The van der Waals surface area contributed by atoms with Crippen LogP contribution in [0.1, 0.15) is 28.3 Å². The fourth-order valence-electron chi connectivity index (χ4n) is 2.10. The molecule has 0 saturated heterocycles. The number of carbonyl (C=O) groups is 2. The Labute approximate surface area is 136 Å². The van der Waals surface area contributed by atoms with Crippen LogP contribution in [0.4, 0.5) is 4.39 Å². The van der Waals surface area contributed by atoms with Crippen LogP contribution in [0, 0.1) is 5.82 Å². The summed E-state index contributed by atoms with van der Waals surface area (Å²) in [4.78, 5) is 23.6. The number of carboxylic acids is 1. The van der Waals surface area contributed by atoms with Crippen LogP contribution in [-0.2, 0) is 4.79 Å². The number of Topliss-reactive ketones (excluding diaryl/α,β-unsaturated/α-hetero) is 1. The molecule has 2 aromatic rings. The Morgan fingerprint density at radius 2 is 1.73 bits per heavy atom. The minimum absolute atomic E-state index is 0.0173. The number of halogens is 3. The highest BCUT2D eigenvalue weighted by molar-refractivity contribution is 6.31. The molecule has 3 nitrogen and oxygen atoms in total. The van der Waals surface area contributed by atoms with Gasteiger partial charge in [0.05, 0.1) is 5.92 Å². The van der Waals surface area contributed by atoms with E-state index in [4.69, 9.17) is 23.2 Å². The van der Waals surface area contributed by atoms with Gasteiger partial charge in [-0.2, -0.15) is 0 Å². The lowest BCUT2D eigenvalue weighted by Gasteiger charge is -2.14. The number of rotatable bonds is 5. The standard InChI is InChI=1S/C16H11Cl2FO3/c17-10-6-4-9(5-7-10)14(20)8-11(16(21)22)15-12(18)2-1-3-13(15)19/h1-7,11H,8H2,(H,21,22)/t11-/m1/s1. The van der Waals surface area contributed by atoms with Gasteiger partial charge in [0, 0.05) is 27.6 Å². The predicted octanol–water partition coefficient (Wildman–Crippen LogP) is 4.57. The second-order valence-electron chi connectivity index (χ2n) is 4.66. The molecule has 0 saturated carbocycles. The van der Waals surface area contributed by atoms with Crippen molar-refractivity contribution in [1.29, 1.82) is 0 Å². The second kappa shape index (κ2) is 6.90. The van der Waals surface area contributed by atoms with Gasteiger partial charge in [0.1, 0.15) is 5.82 Å². The van der Waals surface area contributed by atoms with Gasteiger partial charge in [-0.3, -0.25) is 9.59 Å². The summed E-state index contributed by atoms with van der Waals surface area (Å²) in [5.74, 6) is -3.83. The van der Waals surface area contributed by atoms with E-state index in [1.54, 1.807) is 0 Å². The van der Waals surface area contributed by atoms with Crippen molar-refractivity contribution in [3.8, 4) is 0 Å². The lowest BCUT2D eigenvalue weighted by Crippen LogP contribution is -2.18. The zero-order chi connectivity index (χ0) is 16.3. The first-order valence-electron chi connectivity index (χ1n) is 6.35. The molecule has 1 N–H and O–H groups in total. The Balaban J connectivity index is 2.32. The summed E-state index contributed by atoms with van der Waals surface area (Å²) in [5.41, 5.74) is 0.127. The third kappa shape index (κ3) is 3.64. The van der Waals surface area contributed by atoms with Crippen molar-refractivity contribution >= 4 is 35.0 Å². The topological polar surface area (TPSA) is 54.4 Å². The number of hydrogen-bond donors (Lipinski definition) is 1. The molecule has 1 atom stereocenters. The smallest absolute Gasteiger partial charge is 0.311 e. The highest BCUT2D eigenvalue weighted by atomic mass is 35.5. The number of benzene rings is 2. The van der Waals surface area contributed by atoms with Crippen LogP contribution in [-0.4, -0.2) is 16.9 Å². The number of carboxylic acid groups (broad SMARTS) is 1. The summed E-state index contributed by atoms with van der Waals surface area (Å²) >= 11 is 11.6. The van der Waals surface area contributed by atoms with Gasteiger partial charge in [-0.05, 0) is 36.4 Å². The van der Waals surface area contributed by atoms with E-state index in [-0.39, 0.29) is 10.6 Å². The van der Waals surface area contributed by atoms with E-state index >= 15 is 0 Å². The first kappa shape index (κ1) is 16.5. The van der Waals surface area contributed by atoms with E-state index in [9.17, 15) is 19.1 Å². The van der Waals surface area contributed by atoms with Gasteiger partial charge < -0.3 is 5.11 Å². The highest BCUT2D eigenvalue weighted by Gasteiger charge is 2.28. The third-order valence-electron chi connectivity index (χ3n) is 3.20. The number of aliphatic carboxylic acids is 1. The first-order chi connectivity index (χ1) is 10.4. The summed E-state index contributed by atoms with van der Waals surface area (Å²) in [6, 6.07) is 9.92. The van der Waals surface area contributed by atoms with Crippen molar-refractivity contribution in [3.63, 3.8) is 0 Å². The van der Waals surface area contributed by atoms with E-state index in [0.717, 1.165) is 6.07 Å². The SMILES string of the molecule is O=C(C[C@@H](C(=O)O)c1c(F)cccc1Cl)c1ccc(Cl)cc1. The Kier molecular flexibility index (Phi) is 5.16. The molecule has 22 heavy (non-hydrogen) atoms. The van der Waals surface area contributed by atoms with Crippen molar-refractivity contribution in [1.82, 2.24) is 0 Å². The van der Waals surface area contributed by atoms with Gasteiger partial charge >= 0.3 is 5.97 Å². The van der Waals surface area contributed by atoms with E-state index in [1.165, 1.54) is 36.4 Å². The van der Waals surface area contributed by atoms with E-state index < -0.39 is 29.9 Å². The molecule has 114 valence electrons. The van der Waals surface area contributed by atoms with E-state index in [2.05, 4.69) is 0 Å². The molecule has 2 aromatic carbocycles. The molecule has 0 spiro atoms. The van der Waals surface area contributed by atoms with Crippen molar-refractivity contribution in [2.75, 3.05) is 0 Å². The first-order valence-corrected chi connectivity index (χ1v) is 7.11. The number of hydrogen-bond acceptors (Lipinski definition) is 2. The molecule has 0 heterocycles. The normalized spacial score (nSPS) is 12.0. The molecule has 0 aliphatic carbocycles. The average Bonchev–Trinajstić information content (AvgIpc) is 2.46. The fourth-order valence-corrected chi connectivity index (χ4v) is 2.52. The minimum atomic E-state index is -1.35.